The molecule has 0 aliphatic rings. The highest BCUT2D eigenvalue weighted by Gasteiger charge is 1.99. The second-order valence-corrected chi connectivity index (χ2v) is 3.86. The summed E-state index contributed by atoms with van der Waals surface area (Å²) >= 11 is 0. The second kappa shape index (κ2) is 5.32. The zero-order valence-electron chi connectivity index (χ0n) is 9.56. The van der Waals surface area contributed by atoms with Gasteiger partial charge in [-0.3, -0.25) is 0 Å². The van der Waals surface area contributed by atoms with Crippen LogP contribution >= 0.6 is 0 Å². The van der Waals surface area contributed by atoms with E-state index < -0.39 is 0 Å². The van der Waals surface area contributed by atoms with E-state index in [1.807, 2.05) is 0 Å². The lowest BCUT2D eigenvalue weighted by atomic mass is 9.99. The third-order valence-electron chi connectivity index (χ3n) is 2.64. The Morgan fingerprint density at radius 3 is 2.31 bits per heavy atom. The lowest BCUT2D eigenvalue weighted by molar-refractivity contribution is 1.18. The van der Waals surface area contributed by atoms with Gasteiger partial charge < -0.3 is 0 Å². The molecule has 0 aromatic heterocycles. The molecule has 0 saturated heterocycles. The number of allylic oxidation sites excluding steroid dienone is 1. The van der Waals surface area contributed by atoms with Crippen LogP contribution in [0.2, 0.25) is 0 Å². The van der Waals surface area contributed by atoms with Crippen LogP contribution in [-0.4, -0.2) is 0 Å². The molecule has 80 valence electrons. The van der Waals surface area contributed by atoms with Crippen molar-refractivity contribution in [2.24, 2.45) is 0 Å². The summed E-state index contributed by atoms with van der Waals surface area (Å²) in [6.45, 7) is 2.05. The van der Waals surface area contributed by atoms with Crippen LogP contribution in [0.1, 0.15) is 23.6 Å². The first kappa shape index (κ1) is 10.7. The summed E-state index contributed by atoms with van der Waals surface area (Å²) in [5.74, 6) is 0. The van der Waals surface area contributed by atoms with E-state index in [-0.39, 0.29) is 0 Å². The summed E-state index contributed by atoms with van der Waals surface area (Å²) in [6, 6.07) is 19.1. The van der Waals surface area contributed by atoms with Gasteiger partial charge in [0.15, 0.2) is 0 Å². The fourth-order valence-electron chi connectivity index (χ4n) is 1.85. The zero-order chi connectivity index (χ0) is 11.2. The molecule has 0 unspecified atom stereocenters. The van der Waals surface area contributed by atoms with Crippen molar-refractivity contribution in [3.05, 3.63) is 77.4 Å². The molecule has 0 saturated carbocycles. The average Bonchev–Trinajstić information content (AvgIpc) is 2.33. The quantitative estimate of drug-likeness (QED) is 0.705. The topological polar surface area (TPSA) is 0 Å². The van der Waals surface area contributed by atoms with Gasteiger partial charge in [-0.2, -0.15) is 0 Å². The van der Waals surface area contributed by atoms with Gasteiger partial charge in [-0.15, -0.1) is 0 Å². The van der Waals surface area contributed by atoms with Crippen LogP contribution in [-0.2, 0) is 6.42 Å². The highest BCUT2D eigenvalue weighted by atomic mass is 14.0. The first-order valence-corrected chi connectivity index (χ1v) is 5.64. The van der Waals surface area contributed by atoms with Crippen molar-refractivity contribution >= 4 is 6.08 Å². The smallest absolute Gasteiger partial charge is 0.00198 e. The Labute approximate surface area is 97.3 Å². The first-order valence-electron chi connectivity index (χ1n) is 5.64. The summed E-state index contributed by atoms with van der Waals surface area (Å²) in [4.78, 5) is 0. The summed E-state index contributed by atoms with van der Waals surface area (Å²) in [7, 11) is 0. The maximum Gasteiger partial charge on any atom is -0.00198 e. The zero-order valence-corrected chi connectivity index (χ0v) is 9.56. The largest absolute Gasteiger partial charge is 0.0871 e. The normalized spacial score (nSPS) is 10.8. The van der Waals surface area contributed by atoms with E-state index in [4.69, 9.17) is 0 Å². The second-order valence-electron chi connectivity index (χ2n) is 3.86. The van der Waals surface area contributed by atoms with Crippen molar-refractivity contribution in [1.82, 2.24) is 0 Å². The van der Waals surface area contributed by atoms with Crippen molar-refractivity contribution in [3.8, 4) is 0 Å². The minimum atomic E-state index is 1.00. The van der Waals surface area contributed by atoms with Gasteiger partial charge in [0, 0.05) is 0 Å². The number of hydrogen-bond donors (Lipinski definition) is 0. The van der Waals surface area contributed by atoms with E-state index in [1.165, 1.54) is 16.7 Å². The number of hydrogen-bond acceptors (Lipinski definition) is 0. The molecule has 0 aliphatic heterocycles. The lowest BCUT2D eigenvalue weighted by Gasteiger charge is -2.05. The van der Waals surface area contributed by atoms with E-state index in [9.17, 15) is 0 Å². The lowest BCUT2D eigenvalue weighted by Crippen LogP contribution is -1.90. The summed E-state index contributed by atoms with van der Waals surface area (Å²) in [6.07, 6.45) is 5.25. The predicted octanol–water partition coefficient (Wildman–Crippen LogP) is 4.31. The van der Waals surface area contributed by atoms with E-state index >= 15 is 0 Å². The van der Waals surface area contributed by atoms with E-state index in [0.717, 1.165) is 6.42 Å². The van der Waals surface area contributed by atoms with Crippen LogP contribution in [0.5, 0.6) is 0 Å². The maximum atomic E-state index is 2.20. The molecule has 0 heterocycles. The molecule has 0 radical (unpaired) electrons. The molecule has 2 aromatic rings. The summed E-state index contributed by atoms with van der Waals surface area (Å²) in [5, 5.41) is 0. The minimum Gasteiger partial charge on any atom is -0.0871 e. The highest BCUT2D eigenvalue weighted by molar-refractivity contribution is 5.54. The molecule has 0 fully saturated rings. The Morgan fingerprint density at radius 1 is 0.875 bits per heavy atom. The Hall–Kier alpha value is -1.82. The van der Waals surface area contributed by atoms with E-state index in [2.05, 4.69) is 73.7 Å². The van der Waals surface area contributed by atoms with Crippen molar-refractivity contribution < 1.29 is 0 Å². The van der Waals surface area contributed by atoms with Crippen LogP contribution in [0, 0.1) is 0 Å². The van der Waals surface area contributed by atoms with Gasteiger partial charge in [-0.1, -0.05) is 66.7 Å². The summed E-state index contributed by atoms with van der Waals surface area (Å²) in [5.41, 5.74) is 4.06. The van der Waals surface area contributed by atoms with Crippen molar-refractivity contribution in [2.45, 2.75) is 13.3 Å². The third-order valence-corrected chi connectivity index (χ3v) is 2.64. The van der Waals surface area contributed by atoms with Crippen molar-refractivity contribution in [1.29, 1.82) is 0 Å². The van der Waals surface area contributed by atoms with Gasteiger partial charge >= 0.3 is 0 Å². The van der Waals surface area contributed by atoms with Crippen molar-refractivity contribution in [3.63, 3.8) is 0 Å². The van der Waals surface area contributed by atoms with Gasteiger partial charge in [0.25, 0.3) is 0 Å². The molecule has 0 atom stereocenters. The predicted molar refractivity (Wildman–Crippen MR) is 70.4 cm³/mol. The first-order chi connectivity index (χ1) is 7.90. The fourth-order valence-corrected chi connectivity index (χ4v) is 1.85. The average molecular weight is 208 g/mol. The van der Waals surface area contributed by atoms with Crippen LogP contribution < -0.4 is 0 Å². The number of benzene rings is 2. The van der Waals surface area contributed by atoms with Crippen molar-refractivity contribution in [2.75, 3.05) is 0 Å². The Kier molecular flexibility index (Phi) is 3.55. The molecule has 2 rings (SSSR count). The Morgan fingerprint density at radius 2 is 1.56 bits per heavy atom. The highest BCUT2D eigenvalue weighted by Crippen LogP contribution is 2.15. The fraction of sp³-hybridized carbons (Fsp3) is 0.125. The number of rotatable bonds is 3. The van der Waals surface area contributed by atoms with Gasteiger partial charge in [0.05, 0.1) is 0 Å². The molecule has 0 spiro atoms. The molecular weight excluding hydrogens is 192 g/mol. The van der Waals surface area contributed by atoms with Crippen LogP contribution in [0.3, 0.4) is 0 Å². The van der Waals surface area contributed by atoms with Gasteiger partial charge in [-0.05, 0) is 30.0 Å². The Balaban J connectivity index is 2.28. The molecule has 0 nitrogen and oxygen atoms in total. The molecule has 2 aromatic carbocycles. The van der Waals surface area contributed by atoms with Gasteiger partial charge in [-0.25, -0.2) is 0 Å². The summed E-state index contributed by atoms with van der Waals surface area (Å²) < 4.78 is 0. The van der Waals surface area contributed by atoms with E-state index in [1.54, 1.807) is 0 Å². The molecule has 0 N–H and O–H groups in total. The standard InChI is InChI=1S/C16H16/c1-2-8-15-11-6-7-12-16(15)13-14-9-4-3-5-10-14/h2-12H,13H2,1H3/b8-2+. The SMILES string of the molecule is C/C=C/c1ccccc1Cc1ccccc1. The molecule has 16 heavy (non-hydrogen) atoms. The van der Waals surface area contributed by atoms with Crippen LogP contribution in [0.4, 0.5) is 0 Å². The molecule has 0 amide bonds. The maximum absolute atomic E-state index is 2.20. The minimum absolute atomic E-state index is 1.00. The monoisotopic (exact) mass is 208 g/mol. The van der Waals surface area contributed by atoms with Crippen LogP contribution in [0.15, 0.2) is 60.7 Å². The molecule has 0 aliphatic carbocycles. The van der Waals surface area contributed by atoms with Crippen LogP contribution in [0.25, 0.3) is 6.08 Å². The Bertz CT molecular complexity index is 466. The molecule has 0 bridgehead atoms. The van der Waals surface area contributed by atoms with E-state index in [0.29, 0.717) is 0 Å². The van der Waals surface area contributed by atoms with Gasteiger partial charge in [0.2, 0.25) is 0 Å². The molecular formula is C16H16. The van der Waals surface area contributed by atoms with Gasteiger partial charge in [0.1, 0.15) is 0 Å². The third kappa shape index (κ3) is 2.60. The molecule has 0 heteroatoms.